The number of hydrogen-bond acceptors (Lipinski definition) is 4. The van der Waals surface area contributed by atoms with Gasteiger partial charge in [0.05, 0.1) is 12.5 Å². The van der Waals surface area contributed by atoms with E-state index in [9.17, 15) is 9.59 Å². The predicted octanol–water partition coefficient (Wildman–Crippen LogP) is 1.92. The summed E-state index contributed by atoms with van der Waals surface area (Å²) in [6.07, 6.45) is 8.97. The largest absolute Gasteiger partial charge is 0.343 e. The maximum atomic E-state index is 12.6. The first-order valence-corrected chi connectivity index (χ1v) is 14.1. The number of carbonyl (C=O) groups is 2. The average Bonchev–Trinajstić information content (AvgIpc) is 2.53. The van der Waals surface area contributed by atoms with Gasteiger partial charge in [-0.05, 0) is 63.4 Å². The minimum atomic E-state index is -0.514. The molecule has 0 radical (unpaired) electrons. The van der Waals surface area contributed by atoms with E-state index in [1.165, 1.54) is 8.88 Å². The van der Waals surface area contributed by atoms with E-state index in [-0.39, 0.29) is 22.0 Å². The molecule has 0 aliphatic heterocycles. The van der Waals surface area contributed by atoms with Crippen LogP contribution in [0.15, 0.2) is 0 Å². The van der Waals surface area contributed by atoms with Crippen molar-refractivity contribution in [1.29, 1.82) is 0 Å². The standard InChI is InChI=1S/C14H28N2O2S5/c1-5-7-9-15(10-8-6-2)14(18)11-13(12-17)16(22(3)20)23(4)21-19/h12-13H,5-11H2,1-4H3. The van der Waals surface area contributed by atoms with E-state index >= 15 is 0 Å². The summed E-state index contributed by atoms with van der Waals surface area (Å²) in [7, 11) is 0.403. The molecule has 0 aromatic heterocycles. The summed E-state index contributed by atoms with van der Waals surface area (Å²) in [5.74, 6) is 0.0424. The van der Waals surface area contributed by atoms with Crippen LogP contribution in [0.3, 0.4) is 0 Å². The van der Waals surface area contributed by atoms with Crippen molar-refractivity contribution < 1.29 is 9.59 Å². The van der Waals surface area contributed by atoms with Crippen molar-refractivity contribution in [3.8, 4) is 0 Å². The van der Waals surface area contributed by atoms with Crippen molar-refractivity contribution in [3.63, 3.8) is 0 Å². The highest BCUT2D eigenvalue weighted by Crippen LogP contribution is 2.12. The average molecular weight is 417 g/mol. The molecule has 0 spiro atoms. The predicted molar refractivity (Wildman–Crippen MR) is 111 cm³/mol. The highest BCUT2D eigenvalue weighted by atomic mass is 33.1. The van der Waals surface area contributed by atoms with Crippen LogP contribution in [0.1, 0.15) is 46.0 Å². The van der Waals surface area contributed by atoms with Crippen molar-refractivity contribution >= 4 is 62.7 Å². The van der Waals surface area contributed by atoms with Gasteiger partial charge in [0, 0.05) is 25.6 Å². The number of aldehydes is 1. The lowest BCUT2D eigenvalue weighted by Crippen LogP contribution is -2.43. The quantitative estimate of drug-likeness (QED) is 0.455. The normalized spacial score (nSPS) is 15.0. The smallest absolute Gasteiger partial charge is 0.224 e. The Kier molecular flexibility index (Phi) is 14.0. The van der Waals surface area contributed by atoms with Gasteiger partial charge in [0.25, 0.3) is 0 Å². The number of rotatable bonds is 12. The molecule has 0 aromatic rings. The zero-order valence-electron chi connectivity index (χ0n) is 14.4. The van der Waals surface area contributed by atoms with Crippen LogP contribution in [-0.2, 0) is 60.1 Å². The number of unbranched alkanes of at least 4 members (excludes halogenated alkanes) is 2. The Hall–Kier alpha value is 0.460. The highest BCUT2D eigenvalue weighted by molar-refractivity contribution is 8.50. The van der Waals surface area contributed by atoms with Crippen molar-refractivity contribution in [2.75, 3.05) is 25.6 Å². The third-order valence-electron chi connectivity index (χ3n) is 3.33. The molecule has 0 saturated carbocycles. The molecule has 0 aliphatic rings. The summed E-state index contributed by atoms with van der Waals surface area (Å²) < 4.78 is 1.91. The molecule has 0 bridgehead atoms. The van der Waals surface area contributed by atoms with Crippen LogP contribution in [0, 0.1) is 0 Å². The molecule has 136 valence electrons. The molecule has 0 heterocycles. The van der Waals surface area contributed by atoms with Gasteiger partial charge in [-0.15, -0.1) is 0 Å². The van der Waals surface area contributed by atoms with Crippen LogP contribution >= 0.6 is 0 Å². The van der Waals surface area contributed by atoms with E-state index in [2.05, 4.69) is 13.8 Å². The van der Waals surface area contributed by atoms with Crippen molar-refractivity contribution in [2.45, 2.75) is 52.0 Å². The first kappa shape index (κ1) is 23.5. The molecule has 4 nitrogen and oxygen atoms in total. The number of nitrogens with zero attached hydrogens (tertiary/aromatic N) is 2. The van der Waals surface area contributed by atoms with Crippen LogP contribution in [0.5, 0.6) is 0 Å². The number of carbonyl (C=O) groups excluding carboxylic acids is 2. The van der Waals surface area contributed by atoms with Crippen LogP contribution < -0.4 is 0 Å². The Morgan fingerprint density at radius 3 is 2.09 bits per heavy atom. The first-order valence-electron chi connectivity index (χ1n) is 7.75. The SMILES string of the molecule is CCCCN(CCCC)C(=O)CC(C=O)N(S(C)=S)S(C)=S=S. The van der Waals surface area contributed by atoms with Crippen LogP contribution in [0.4, 0.5) is 0 Å². The minimum Gasteiger partial charge on any atom is -0.343 e. The molecule has 0 N–H and O–H groups in total. The Bertz CT molecular complexity index is 458. The first-order chi connectivity index (χ1) is 10.9. The summed E-state index contributed by atoms with van der Waals surface area (Å²) >= 11 is 10.4. The molecule has 0 rings (SSSR count). The lowest BCUT2D eigenvalue weighted by atomic mass is 10.2. The van der Waals surface area contributed by atoms with E-state index < -0.39 is 15.7 Å². The van der Waals surface area contributed by atoms with Gasteiger partial charge in [0.15, 0.2) is 0 Å². The maximum Gasteiger partial charge on any atom is 0.224 e. The second kappa shape index (κ2) is 13.7. The van der Waals surface area contributed by atoms with Gasteiger partial charge in [-0.3, -0.25) is 4.79 Å². The fourth-order valence-electron chi connectivity index (χ4n) is 2.10. The van der Waals surface area contributed by atoms with Crippen LogP contribution in [0.25, 0.3) is 0 Å². The van der Waals surface area contributed by atoms with Gasteiger partial charge in [0.2, 0.25) is 5.91 Å². The van der Waals surface area contributed by atoms with Gasteiger partial charge in [0.1, 0.15) is 6.29 Å². The summed E-state index contributed by atoms with van der Waals surface area (Å²) in [5.41, 5.74) is 0. The highest BCUT2D eigenvalue weighted by Gasteiger charge is 2.26. The Morgan fingerprint density at radius 2 is 1.74 bits per heavy atom. The van der Waals surface area contributed by atoms with Crippen molar-refractivity contribution in [2.24, 2.45) is 0 Å². The van der Waals surface area contributed by atoms with Gasteiger partial charge in [-0.25, -0.2) is 0 Å². The van der Waals surface area contributed by atoms with Gasteiger partial charge in [-0.2, -0.15) is 3.71 Å². The molecule has 9 heteroatoms. The lowest BCUT2D eigenvalue weighted by Gasteiger charge is -2.29. The lowest BCUT2D eigenvalue weighted by molar-refractivity contribution is -0.133. The molecule has 0 saturated heterocycles. The van der Waals surface area contributed by atoms with Gasteiger partial charge < -0.3 is 9.69 Å². The third kappa shape index (κ3) is 8.92. The van der Waals surface area contributed by atoms with E-state index in [0.717, 1.165) is 45.1 Å². The summed E-state index contributed by atoms with van der Waals surface area (Å²) in [5, 5.41) is 0. The molecule has 23 heavy (non-hydrogen) atoms. The van der Waals surface area contributed by atoms with E-state index in [0.29, 0.717) is 0 Å². The van der Waals surface area contributed by atoms with Gasteiger partial charge >= 0.3 is 0 Å². The molecule has 3 unspecified atom stereocenters. The monoisotopic (exact) mass is 416 g/mol. The molecule has 3 atom stereocenters. The van der Waals surface area contributed by atoms with E-state index in [1.54, 1.807) is 0 Å². The van der Waals surface area contributed by atoms with Crippen molar-refractivity contribution in [3.05, 3.63) is 0 Å². The number of amides is 1. The minimum absolute atomic E-state index is 0.0424. The van der Waals surface area contributed by atoms with E-state index in [4.69, 9.17) is 22.4 Å². The molecular weight excluding hydrogens is 389 g/mol. The van der Waals surface area contributed by atoms with Crippen LogP contribution in [0.2, 0.25) is 0 Å². The fraction of sp³-hybridized carbons (Fsp3) is 0.857. The summed E-state index contributed by atoms with van der Waals surface area (Å²) in [6, 6.07) is -0.483. The third-order valence-corrected chi connectivity index (χ3v) is 10.3. The number of hydrogen-bond donors (Lipinski definition) is 0. The molecule has 1 amide bonds. The molecular formula is C14H28N2O2S5. The van der Waals surface area contributed by atoms with Crippen molar-refractivity contribution in [1.82, 2.24) is 8.61 Å². The molecule has 0 fully saturated rings. The Morgan fingerprint density at radius 1 is 1.22 bits per heavy atom. The Balaban J connectivity index is 5.10. The zero-order valence-corrected chi connectivity index (χ0v) is 18.4. The summed E-state index contributed by atoms with van der Waals surface area (Å²) in [6.45, 7) is 5.75. The topological polar surface area (TPSA) is 40.6 Å². The Labute approximate surface area is 158 Å². The molecule has 0 aromatic carbocycles. The second-order valence-corrected chi connectivity index (χ2v) is 12.6. The zero-order chi connectivity index (χ0) is 17.8. The van der Waals surface area contributed by atoms with Gasteiger partial charge in [-0.1, -0.05) is 26.7 Å². The maximum absolute atomic E-state index is 12.6. The fourth-order valence-corrected chi connectivity index (χ4v) is 8.40. The molecule has 0 aliphatic carbocycles. The van der Waals surface area contributed by atoms with Crippen LogP contribution in [-0.4, -0.2) is 52.4 Å². The second-order valence-electron chi connectivity index (χ2n) is 5.20. The van der Waals surface area contributed by atoms with E-state index in [1.807, 2.05) is 21.1 Å². The summed E-state index contributed by atoms with van der Waals surface area (Å²) in [4.78, 5) is 26.1.